The quantitative estimate of drug-likeness (QED) is 0.455. The molecule has 0 aliphatic rings. The number of hydrogen-bond acceptors (Lipinski definition) is 2. The summed E-state index contributed by atoms with van der Waals surface area (Å²) in [6.07, 6.45) is -1.04. The SMILES string of the molecule is CCOc1c(-c2ccc3c(ccn3C)c2)cnc2c(C(F)(F)F)cccc12. The Morgan fingerprint density at radius 1 is 1.11 bits per heavy atom. The Kier molecular flexibility index (Phi) is 4.06. The van der Waals surface area contributed by atoms with Crippen molar-refractivity contribution in [2.24, 2.45) is 7.05 Å². The van der Waals surface area contributed by atoms with Gasteiger partial charge in [-0.15, -0.1) is 0 Å². The molecular formula is C21H17F3N2O. The Hall–Kier alpha value is -3.02. The maximum atomic E-state index is 13.4. The van der Waals surface area contributed by atoms with Crippen LogP contribution in [0.2, 0.25) is 0 Å². The monoisotopic (exact) mass is 370 g/mol. The maximum Gasteiger partial charge on any atom is 0.418 e. The second kappa shape index (κ2) is 6.30. The maximum absolute atomic E-state index is 13.4. The molecule has 4 aromatic rings. The first-order valence-corrected chi connectivity index (χ1v) is 8.57. The summed E-state index contributed by atoms with van der Waals surface area (Å²) >= 11 is 0. The lowest BCUT2D eigenvalue weighted by Gasteiger charge is -2.16. The first-order chi connectivity index (χ1) is 12.9. The number of aromatic nitrogens is 2. The number of rotatable bonds is 3. The van der Waals surface area contributed by atoms with Crippen molar-refractivity contribution in [1.82, 2.24) is 9.55 Å². The van der Waals surface area contributed by atoms with Crippen molar-refractivity contribution >= 4 is 21.8 Å². The summed E-state index contributed by atoms with van der Waals surface area (Å²) < 4.78 is 47.8. The largest absolute Gasteiger partial charge is 0.492 e. The highest BCUT2D eigenvalue weighted by atomic mass is 19.4. The van der Waals surface area contributed by atoms with Crippen LogP contribution in [0.4, 0.5) is 13.2 Å². The van der Waals surface area contributed by atoms with Gasteiger partial charge in [-0.2, -0.15) is 13.2 Å². The van der Waals surface area contributed by atoms with E-state index in [9.17, 15) is 13.2 Å². The lowest BCUT2D eigenvalue weighted by molar-refractivity contribution is -0.136. The third-order valence-electron chi connectivity index (χ3n) is 4.64. The number of fused-ring (bicyclic) bond motifs is 2. The summed E-state index contributed by atoms with van der Waals surface area (Å²) in [6, 6.07) is 12.0. The molecule has 0 saturated heterocycles. The minimum atomic E-state index is -4.47. The molecule has 0 saturated carbocycles. The van der Waals surface area contributed by atoms with Crippen LogP contribution in [0.1, 0.15) is 12.5 Å². The molecule has 0 fully saturated rings. The van der Waals surface area contributed by atoms with Crippen LogP contribution in [0.25, 0.3) is 32.9 Å². The van der Waals surface area contributed by atoms with Crippen LogP contribution < -0.4 is 4.74 Å². The zero-order valence-corrected chi connectivity index (χ0v) is 14.8. The fourth-order valence-corrected chi connectivity index (χ4v) is 3.38. The van der Waals surface area contributed by atoms with E-state index in [1.165, 1.54) is 12.3 Å². The molecule has 3 nitrogen and oxygen atoms in total. The summed E-state index contributed by atoms with van der Waals surface area (Å²) in [5.74, 6) is 0.420. The lowest BCUT2D eigenvalue weighted by atomic mass is 10.0. The minimum absolute atomic E-state index is 0.0991. The summed E-state index contributed by atoms with van der Waals surface area (Å²) in [5.41, 5.74) is 1.74. The molecule has 6 heteroatoms. The first kappa shape index (κ1) is 17.4. The zero-order chi connectivity index (χ0) is 19.2. The van der Waals surface area contributed by atoms with Gasteiger partial charge in [0.25, 0.3) is 0 Å². The third-order valence-corrected chi connectivity index (χ3v) is 4.64. The molecule has 27 heavy (non-hydrogen) atoms. The van der Waals surface area contributed by atoms with E-state index >= 15 is 0 Å². The zero-order valence-electron chi connectivity index (χ0n) is 14.8. The van der Waals surface area contributed by atoms with Crippen LogP contribution in [-0.2, 0) is 13.2 Å². The predicted octanol–water partition coefficient (Wildman–Crippen LogP) is 5.81. The Bertz CT molecular complexity index is 1150. The van der Waals surface area contributed by atoms with Gasteiger partial charge in [-0.1, -0.05) is 12.1 Å². The first-order valence-electron chi connectivity index (χ1n) is 8.57. The van der Waals surface area contributed by atoms with Gasteiger partial charge in [-0.25, -0.2) is 0 Å². The molecule has 2 heterocycles. The smallest absolute Gasteiger partial charge is 0.418 e. The minimum Gasteiger partial charge on any atom is -0.492 e. The summed E-state index contributed by atoms with van der Waals surface area (Å²) in [4.78, 5) is 4.15. The Morgan fingerprint density at radius 3 is 2.67 bits per heavy atom. The van der Waals surface area contributed by atoms with Gasteiger partial charge in [0.15, 0.2) is 0 Å². The van der Waals surface area contributed by atoms with Crippen molar-refractivity contribution in [1.29, 1.82) is 0 Å². The average molecular weight is 370 g/mol. The van der Waals surface area contributed by atoms with E-state index < -0.39 is 11.7 Å². The molecular weight excluding hydrogens is 353 g/mol. The van der Waals surface area contributed by atoms with E-state index in [4.69, 9.17) is 4.74 Å². The van der Waals surface area contributed by atoms with E-state index in [1.54, 1.807) is 6.07 Å². The van der Waals surface area contributed by atoms with Crippen molar-refractivity contribution in [2.75, 3.05) is 6.61 Å². The molecule has 0 N–H and O–H groups in total. The van der Waals surface area contributed by atoms with Gasteiger partial charge in [-0.3, -0.25) is 4.98 Å². The molecule has 0 amide bonds. The standard InChI is InChI=1S/C21H17F3N2O/c1-3-27-20-15-5-4-6-17(21(22,23)24)19(15)25-12-16(20)13-7-8-18-14(11-13)9-10-26(18)2/h4-12H,3H2,1-2H3. The molecule has 2 aromatic heterocycles. The number of nitrogens with zero attached hydrogens (tertiary/aromatic N) is 2. The summed E-state index contributed by atoms with van der Waals surface area (Å²) in [7, 11) is 1.96. The van der Waals surface area contributed by atoms with E-state index in [1.807, 2.05) is 49.0 Å². The van der Waals surface area contributed by atoms with Gasteiger partial charge in [0.1, 0.15) is 5.75 Å². The number of aryl methyl sites for hydroxylation is 1. The van der Waals surface area contributed by atoms with Crippen molar-refractivity contribution in [3.05, 3.63) is 60.4 Å². The number of hydrogen-bond donors (Lipinski definition) is 0. The molecule has 0 aliphatic heterocycles. The van der Waals surface area contributed by atoms with Crippen LogP contribution in [0, 0.1) is 0 Å². The topological polar surface area (TPSA) is 27.1 Å². The van der Waals surface area contributed by atoms with Crippen LogP contribution in [-0.4, -0.2) is 16.2 Å². The fourth-order valence-electron chi connectivity index (χ4n) is 3.38. The highest BCUT2D eigenvalue weighted by Crippen LogP contribution is 2.41. The molecule has 0 spiro atoms. The van der Waals surface area contributed by atoms with Gasteiger partial charge in [0, 0.05) is 41.3 Å². The predicted molar refractivity (Wildman–Crippen MR) is 99.8 cm³/mol. The number of benzene rings is 2. The molecule has 0 aliphatic carbocycles. The number of halogens is 3. The van der Waals surface area contributed by atoms with Crippen molar-refractivity contribution in [3.63, 3.8) is 0 Å². The molecule has 138 valence electrons. The highest BCUT2D eigenvalue weighted by Gasteiger charge is 2.33. The van der Waals surface area contributed by atoms with Gasteiger partial charge in [0.2, 0.25) is 0 Å². The Morgan fingerprint density at radius 2 is 1.93 bits per heavy atom. The summed E-state index contributed by atoms with van der Waals surface area (Å²) in [5, 5.41) is 1.40. The van der Waals surface area contributed by atoms with E-state index in [0.717, 1.165) is 22.5 Å². The molecule has 4 rings (SSSR count). The van der Waals surface area contributed by atoms with E-state index in [2.05, 4.69) is 4.98 Å². The number of para-hydroxylation sites is 1. The normalized spacial score (nSPS) is 12.0. The van der Waals surface area contributed by atoms with Crippen LogP contribution in [0.15, 0.2) is 54.9 Å². The van der Waals surface area contributed by atoms with Crippen LogP contribution in [0.3, 0.4) is 0 Å². The van der Waals surface area contributed by atoms with Crippen LogP contribution in [0.5, 0.6) is 5.75 Å². The number of pyridine rings is 1. The van der Waals surface area contributed by atoms with Crippen molar-refractivity contribution < 1.29 is 17.9 Å². The third kappa shape index (κ3) is 2.91. The Balaban J connectivity index is 1.98. The Labute approximate surface area is 154 Å². The van der Waals surface area contributed by atoms with E-state index in [-0.39, 0.29) is 5.52 Å². The van der Waals surface area contributed by atoms with Crippen LogP contribution >= 0.6 is 0 Å². The van der Waals surface area contributed by atoms with Gasteiger partial charge >= 0.3 is 6.18 Å². The van der Waals surface area contributed by atoms with Crippen molar-refractivity contribution in [3.8, 4) is 16.9 Å². The second-order valence-electron chi connectivity index (χ2n) is 6.33. The molecule has 0 unspecified atom stereocenters. The van der Waals surface area contributed by atoms with E-state index in [0.29, 0.717) is 23.3 Å². The van der Waals surface area contributed by atoms with Crippen molar-refractivity contribution in [2.45, 2.75) is 13.1 Å². The highest BCUT2D eigenvalue weighted by molar-refractivity contribution is 5.95. The summed E-state index contributed by atoms with van der Waals surface area (Å²) in [6.45, 7) is 2.15. The second-order valence-corrected chi connectivity index (χ2v) is 6.33. The molecule has 0 bridgehead atoms. The number of alkyl halides is 3. The number of ether oxygens (including phenoxy) is 1. The average Bonchev–Trinajstić information content (AvgIpc) is 3.01. The molecule has 0 atom stereocenters. The van der Waals surface area contributed by atoms with Gasteiger partial charge in [-0.05, 0) is 42.8 Å². The molecule has 0 radical (unpaired) electrons. The lowest BCUT2D eigenvalue weighted by Crippen LogP contribution is -2.07. The van der Waals surface area contributed by atoms with Gasteiger partial charge in [0.05, 0.1) is 17.7 Å². The molecule has 2 aromatic carbocycles. The fraction of sp³-hybridized carbons (Fsp3) is 0.190. The van der Waals surface area contributed by atoms with Gasteiger partial charge < -0.3 is 9.30 Å².